The van der Waals surface area contributed by atoms with Gasteiger partial charge in [0.05, 0.1) is 0 Å². The third-order valence-corrected chi connectivity index (χ3v) is 1.49. The van der Waals surface area contributed by atoms with E-state index in [4.69, 9.17) is 0 Å². The maximum Gasteiger partial charge on any atom is 0.145 e. The molecule has 0 N–H and O–H groups in total. The lowest BCUT2D eigenvalue weighted by Gasteiger charge is -2.02. The predicted octanol–water partition coefficient (Wildman–Crippen LogP) is 2.96. The van der Waals surface area contributed by atoms with Gasteiger partial charge in [0, 0.05) is 0 Å². The van der Waals surface area contributed by atoms with Crippen molar-refractivity contribution in [1.82, 2.24) is 0 Å². The first-order chi connectivity index (χ1) is 5.20. The lowest BCUT2D eigenvalue weighted by atomic mass is 10.0. The van der Waals surface area contributed by atoms with E-state index in [1.165, 1.54) is 0 Å². The van der Waals surface area contributed by atoms with Gasteiger partial charge >= 0.3 is 0 Å². The summed E-state index contributed by atoms with van der Waals surface area (Å²) in [6.45, 7) is 6.38. The van der Waals surface area contributed by atoms with E-state index in [9.17, 15) is 4.79 Å². The fourth-order valence-electron chi connectivity index (χ4n) is 0.981. The zero-order chi connectivity index (χ0) is 8.69. The molecule has 0 saturated carbocycles. The SMILES string of the molecule is CCC/C=C(/C=O)CC(C)C. The summed E-state index contributed by atoms with van der Waals surface area (Å²) in [5, 5.41) is 0. The highest BCUT2D eigenvalue weighted by Gasteiger charge is 1.98. The Kier molecular flexibility index (Phi) is 5.81. The van der Waals surface area contributed by atoms with E-state index in [1.54, 1.807) is 0 Å². The van der Waals surface area contributed by atoms with Gasteiger partial charge < -0.3 is 0 Å². The van der Waals surface area contributed by atoms with Crippen LogP contribution in [0.25, 0.3) is 0 Å². The summed E-state index contributed by atoms with van der Waals surface area (Å²) in [6.07, 6.45) is 6.10. The van der Waals surface area contributed by atoms with Crippen LogP contribution in [-0.2, 0) is 4.79 Å². The Bertz CT molecular complexity index is 134. The fourth-order valence-corrected chi connectivity index (χ4v) is 0.981. The Morgan fingerprint density at radius 1 is 1.45 bits per heavy atom. The van der Waals surface area contributed by atoms with Gasteiger partial charge in [0.25, 0.3) is 0 Å². The van der Waals surface area contributed by atoms with Gasteiger partial charge in [-0.25, -0.2) is 0 Å². The average molecular weight is 154 g/mol. The van der Waals surface area contributed by atoms with Crippen molar-refractivity contribution in [3.63, 3.8) is 0 Å². The van der Waals surface area contributed by atoms with E-state index in [-0.39, 0.29) is 0 Å². The number of unbranched alkanes of at least 4 members (excludes halogenated alkanes) is 1. The molecule has 1 nitrogen and oxygen atoms in total. The molecule has 0 bridgehead atoms. The van der Waals surface area contributed by atoms with Crippen LogP contribution >= 0.6 is 0 Å². The Morgan fingerprint density at radius 3 is 2.45 bits per heavy atom. The molecule has 0 aliphatic rings. The molecule has 0 rings (SSSR count). The molecule has 0 aromatic heterocycles. The largest absolute Gasteiger partial charge is 0.298 e. The van der Waals surface area contributed by atoms with Gasteiger partial charge in [-0.15, -0.1) is 0 Å². The van der Waals surface area contributed by atoms with Crippen molar-refractivity contribution in [3.8, 4) is 0 Å². The summed E-state index contributed by atoms with van der Waals surface area (Å²) in [6, 6.07) is 0. The molecule has 0 aromatic carbocycles. The average Bonchev–Trinajstić information content (AvgIpc) is 1.97. The van der Waals surface area contributed by atoms with Crippen LogP contribution in [0.1, 0.15) is 40.0 Å². The highest BCUT2D eigenvalue weighted by Crippen LogP contribution is 2.09. The van der Waals surface area contributed by atoms with Crippen LogP contribution in [0.2, 0.25) is 0 Å². The number of hydrogen-bond acceptors (Lipinski definition) is 1. The van der Waals surface area contributed by atoms with Crippen molar-refractivity contribution in [2.24, 2.45) is 5.92 Å². The van der Waals surface area contributed by atoms with Crippen LogP contribution < -0.4 is 0 Å². The summed E-state index contributed by atoms with van der Waals surface area (Å²) in [4.78, 5) is 10.5. The number of carbonyl (C=O) groups is 1. The van der Waals surface area contributed by atoms with E-state index in [2.05, 4.69) is 20.8 Å². The molecule has 0 amide bonds. The van der Waals surface area contributed by atoms with Gasteiger partial charge in [0.2, 0.25) is 0 Å². The first-order valence-corrected chi connectivity index (χ1v) is 4.34. The minimum atomic E-state index is 0.586. The number of rotatable bonds is 5. The van der Waals surface area contributed by atoms with Gasteiger partial charge in [-0.2, -0.15) is 0 Å². The maximum absolute atomic E-state index is 10.5. The molecule has 0 aliphatic carbocycles. The van der Waals surface area contributed by atoms with Crippen molar-refractivity contribution in [1.29, 1.82) is 0 Å². The summed E-state index contributed by atoms with van der Waals surface area (Å²) in [5.41, 5.74) is 0.960. The molecular formula is C10H18O. The molecule has 64 valence electrons. The summed E-state index contributed by atoms with van der Waals surface area (Å²) >= 11 is 0. The monoisotopic (exact) mass is 154 g/mol. The van der Waals surface area contributed by atoms with Crippen molar-refractivity contribution in [2.45, 2.75) is 40.0 Å². The molecule has 0 unspecified atom stereocenters. The second-order valence-corrected chi connectivity index (χ2v) is 3.28. The second-order valence-electron chi connectivity index (χ2n) is 3.28. The third kappa shape index (κ3) is 5.84. The molecule has 0 heterocycles. The third-order valence-electron chi connectivity index (χ3n) is 1.49. The van der Waals surface area contributed by atoms with Crippen LogP contribution in [-0.4, -0.2) is 6.29 Å². The fraction of sp³-hybridized carbons (Fsp3) is 0.700. The van der Waals surface area contributed by atoms with E-state index < -0.39 is 0 Å². The summed E-state index contributed by atoms with van der Waals surface area (Å²) < 4.78 is 0. The molecular weight excluding hydrogens is 136 g/mol. The molecule has 0 spiro atoms. The van der Waals surface area contributed by atoms with Gasteiger partial charge in [-0.3, -0.25) is 4.79 Å². The van der Waals surface area contributed by atoms with Crippen LogP contribution in [0, 0.1) is 5.92 Å². The van der Waals surface area contributed by atoms with Crippen LogP contribution in [0.3, 0.4) is 0 Å². The minimum Gasteiger partial charge on any atom is -0.298 e. The van der Waals surface area contributed by atoms with E-state index in [0.29, 0.717) is 5.92 Å². The van der Waals surface area contributed by atoms with Crippen LogP contribution in [0.5, 0.6) is 0 Å². The highest BCUT2D eigenvalue weighted by atomic mass is 16.1. The van der Waals surface area contributed by atoms with Gasteiger partial charge in [-0.05, 0) is 24.3 Å². The lowest BCUT2D eigenvalue weighted by Crippen LogP contribution is -1.92. The minimum absolute atomic E-state index is 0.586. The van der Waals surface area contributed by atoms with Gasteiger partial charge in [-0.1, -0.05) is 33.3 Å². The number of allylic oxidation sites excluding steroid dienone is 2. The zero-order valence-electron chi connectivity index (χ0n) is 7.76. The highest BCUT2D eigenvalue weighted by molar-refractivity contribution is 5.72. The zero-order valence-corrected chi connectivity index (χ0v) is 7.76. The van der Waals surface area contributed by atoms with Crippen molar-refractivity contribution in [3.05, 3.63) is 11.6 Å². The molecule has 1 heteroatoms. The molecule has 11 heavy (non-hydrogen) atoms. The standard InChI is InChI=1S/C10H18O/c1-4-5-6-10(8-11)7-9(2)3/h6,8-9H,4-5,7H2,1-3H3/b10-6+. The first-order valence-electron chi connectivity index (χ1n) is 4.34. The van der Waals surface area contributed by atoms with E-state index >= 15 is 0 Å². The van der Waals surface area contributed by atoms with Crippen LogP contribution in [0.4, 0.5) is 0 Å². The summed E-state index contributed by atoms with van der Waals surface area (Å²) in [5.74, 6) is 0.586. The van der Waals surface area contributed by atoms with Crippen molar-refractivity contribution >= 4 is 6.29 Å². The lowest BCUT2D eigenvalue weighted by molar-refractivity contribution is -0.105. The van der Waals surface area contributed by atoms with Gasteiger partial charge in [0.1, 0.15) is 6.29 Å². The Labute approximate surface area is 69.5 Å². The molecule has 0 radical (unpaired) electrons. The van der Waals surface area contributed by atoms with Crippen LogP contribution in [0.15, 0.2) is 11.6 Å². The van der Waals surface area contributed by atoms with E-state index in [1.807, 2.05) is 6.08 Å². The Balaban J connectivity index is 3.83. The number of hydrogen-bond donors (Lipinski definition) is 0. The molecule has 0 atom stereocenters. The Hall–Kier alpha value is -0.590. The van der Waals surface area contributed by atoms with Crippen molar-refractivity contribution < 1.29 is 4.79 Å². The second kappa shape index (κ2) is 6.14. The molecule has 0 aromatic rings. The van der Waals surface area contributed by atoms with E-state index in [0.717, 1.165) is 31.1 Å². The maximum atomic E-state index is 10.5. The topological polar surface area (TPSA) is 17.1 Å². The molecule has 0 aliphatic heterocycles. The van der Waals surface area contributed by atoms with Crippen molar-refractivity contribution in [2.75, 3.05) is 0 Å². The number of carbonyl (C=O) groups excluding carboxylic acids is 1. The van der Waals surface area contributed by atoms with Gasteiger partial charge in [0.15, 0.2) is 0 Å². The normalized spacial score (nSPS) is 12.2. The first kappa shape index (κ1) is 10.4. The summed E-state index contributed by atoms with van der Waals surface area (Å²) in [7, 11) is 0. The molecule has 0 fully saturated rings. The quantitative estimate of drug-likeness (QED) is 0.439. The Morgan fingerprint density at radius 2 is 2.09 bits per heavy atom. The smallest absolute Gasteiger partial charge is 0.145 e. The molecule has 0 saturated heterocycles. The number of aldehydes is 1. The predicted molar refractivity (Wildman–Crippen MR) is 48.5 cm³/mol.